The lowest BCUT2D eigenvalue weighted by molar-refractivity contribution is -0.131. The van der Waals surface area contributed by atoms with Gasteiger partial charge in [-0.1, -0.05) is 12.8 Å². The average molecular weight is 372 g/mol. The molecule has 8 heteroatoms. The third kappa shape index (κ3) is 2.94. The van der Waals surface area contributed by atoms with Gasteiger partial charge in [0.25, 0.3) is 11.8 Å². The van der Waals surface area contributed by atoms with E-state index in [0.29, 0.717) is 25.1 Å². The fourth-order valence-corrected chi connectivity index (χ4v) is 4.45. The number of carbonyl (C=O) groups excluding carboxylic acids is 3. The normalized spacial score (nSPS) is 18.7. The van der Waals surface area contributed by atoms with Crippen LogP contribution < -0.4 is 10.6 Å². The quantitative estimate of drug-likeness (QED) is 0.622. The van der Waals surface area contributed by atoms with Gasteiger partial charge in [-0.2, -0.15) is 0 Å². The van der Waals surface area contributed by atoms with E-state index in [2.05, 4.69) is 15.6 Å². The predicted molar refractivity (Wildman–Crippen MR) is 98.0 cm³/mol. The molecular weight excluding hydrogens is 352 g/mol. The van der Waals surface area contributed by atoms with Crippen LogP contribution in [0.1, 0.15) is 42.5 Å². The molecule has 1 saturated carbocycles. The zero-order chi connectivity index (χ0) is 18.1. The van der Waals surface area contributed by atoms with E-state index in [1.54, 1.807) is 11.6 Å². The Hall–Kier alpha value is -2.48. The Balaban J connectivity index is 1.29. The molecule has 0 bridgehead atoms. The van der Waals surface area contributed by atoms with Crippen LogP contribution in [0.3, 0.4) is 0 Å². The molecule has 1 aromatic carbocycles. The molecule has 1 spiro atoms. The van der Waals surface area contributed by atoms with Crippen molar-refractivity contribution in [1.29, 1.82) is 0 Å². The molecule has 2 aliphatic rings. The monoisotopic (exact) mass is 372 g/mol. The summed E-state index contributed by atoms with van der Waals surface area (Å²) in [6.07, 6.45) is 3.93. The first kappa shape index (κ1) is 17.0. The lowest BCUT2D eigenvalue weighted by atomic mass is 9.98. The van der Waals surface area contributed by atoms with Gasteiger partial charge in [0.2, 0.25) is 0 Å². The smallest absolute Gasteiger partial charge is 0.325 e. The van der Waals surface area contributed by atoms with Crippen LogP contribution in [0, 0.1) is 0 Å². The van der Waals surface area contributed by atoms with Crippen LogP contribution >= 0.6 is 11.3 Å². The molecular formula is C18H20N4O3S. The van der Waals surface area contributed by atoms with Gasteiger partial charge in [0, 0.05) is 18.7 Å². The summed E-state index contributed by atoms with van der Waals surface area (Å²) in [5, 5.41) is 5.71. The van der Waals surface area contributed by atoms with Gasteiger partial charge < -0.3 is 10.6 Å². The van der Waals surface area contributed by atoms with Crippen LogP contribution in [0.2, 0.25) is 0 Å². The highest BCUT2D eigenvalue weighted by atomic mass is 32.1. The van der Waals surface area contributed by atoms with Crippen molar-refractivity contribution in [3.8, 4) is 0 Å². The van der Waals surface area contributed by atoms with Gasteiger partial charge >= 0.3 is 6.03 Å². The highest BCUT2D eigenvalue weighted by Crippen LogP contribution is 2.34. The second-order valence-electron chi connectivity index (χ2n) is 6.82. The van der Waals surface area contributed by atoms with Gasteiger partial charge in [0.05, 0.1) is 15.7 Å². The fraction of sp³-hybridized carbons (Fsp3) is 0.444. The van der Waals surface area contributed by atoms with Gasteiger partial charge in [0.15, 0.2) is 0 Å². The average Bonchev–Trinajstić information content (AvgIpc) is 3.34. The number of aromatic nitrogens is 1. The van der Waals surface area contributed by atoms with Gasteiger partial charge in [-0.25, -0.2) is 9.78 Å². The van der Waals surface area contributed by atoms with Gasteiger partial charge in [0.1, 0.15) is 5.54 Å². The maximum atomic E-state index is 12.5. The minimum atomic E-state index is -0.662. The predicted octanol–water partition coefficient (Wildman–Crippen LogP) is 2.28. The molecule has 2 aromatic rings. The number of hydrogen-bond donors (Lipinski definition) is 2. The number of urea groups is 1. The van der Waals surface area contributed by atoms with Gasteiger partial charge in [-0.05, 0) is 37.5 Å². The summed E-state index contributed by atoms with van der Waals surface area (Å²) >= 11 is 1.49. The molecule has 136 valence electrons. The Bertz CT molecular complexity index is 872. The molecule has 2 heterocycles. The Kier molecular flexibility index (Phi) is 4.36. The third-order valence-corrected chi connectivity index (χ3v) is 5.93. The first-order valence-corrected chi connectivity index (χ1v) is 9.73. The molecule has 2 fully saturated rings. The van der Waals surface area contributed by atoms with Crippen LogP contribution in [-0.2, 0) is 4.79 Å². The van der Waals surface area contributed by atoms with E-state index in [9.17, 15) is 14.4 Å². The number of amides is 4. The van der Waals surface area contributed by atoms with Crippen LogP contribution in [-0.4, -0.2) is 46.4 Å². The molecule has 4 amide bonds. The van der Waals surface area contributed by atoms with Crippen LogP contribution in [0.4, 0.5) is 4.79 Å². The number of thiazole rings is 1. The van der Waals surface area contributed by atoms with Gasteiger partial charge in [-0.3, -0.25) is 14.5 Å². The highest BCUT2D eigenvalue weighted by Gasteiger charge is 2.51. The largest absolute Gasteiger partial charge is 0.352 e. The molecule has 0 radical (unpaired) electrons. The fourth-order valence-electron chi connectivity index (χ4n) is 3.73. The number of carbonyl (C=O) groups is 3. The third-order valence-electron chi connectivity index (χ3n) is 5.14. The number of benzene rings is 1. The summed E-state index contributed by atoms with van der Waals surface area (Å²) in [6.45, 7) is 0.726. The van der Waals surface area contributed by atoms with E-state index in [-0.39, 0.29) is 17.8 Å². The number of imide groups is 1. The molecule has 1 aliphatic carbocycles. The van der Waals surface area contributed by atoms with E-state index < -0.39 is 5.54 Å². The highest BCUT2D eigenvalue weighted by molar-refractivity contribution is 7.16. The number of nitrogens with one attached hydrogen (secondary N) is 2. The maximum absolute atomic E-state index is 12.5. The van der Waals surface area contributed by atoms with Crippen molar-refractivity contribution in [3.63, 3.8) is 0 Å². The summed E-state index contributed by atoms with van der Waals surface area (Å²) < 4.78 is 0.971. The van der Waals surface area contributed by atoms with Crippen molar-refractivity contribution in [2.75, 3.05) is 13.1 Å². The summed E-state index contributed by atoms with van der Waals surface area (Å²) in [5.41, 5.74) is 2.55. The molecule has 1 aromatic heterocycles. The number of hydrogen-bond acceptors (Lipinski definition) is 5. The zero-order valence-electron chi connectivity index (χ0n) is 14.3. The van der Waals surface area contributed by atoms with Crippen molar-refractivity contribution in [3.05, 3.63) is 29.3 Å². The van der Waals surface area contributed by atoms with Crippen molar-refractivity contribution >= 4 is 39.4 Å². The second kappa shape index (κ2) is 6.68. The topological polar surface area (TPSA) is 91.4 Å². The Labute approximate surface area is 154 Å². The summed E-state index contributed by atoms with van der Waals surface area (Å²) in [7, 11) is 0. The van der Waals surface area contributed by atoms with Crippen molar-refractivity contribution < 1.29 is 14.4 Å². The minimum absolute atomic E-state index is 0.109. The summed E-state index contributed by atoms with van der Waals surface area (Å²) in [4.78, 5) is 42.4. The molecule has 0 atom stereocenters. The van der Waals surface area contributed by atoms with Crippen LogP contribution in [0.5, 0.6) is 0 Å². The van der Waals surface area contributed by atoms with Crippen LogP contribution in [0.25, 0.3) is 10.2 Å². The van der Waals surface area contributed by atoms with Crippen LogP contribution in [0.15, 0.2) is 23.7 Å². The number of nitrogens with zero attached hydrogens (tertiary/aromatic N) is 2. The molecule has 1 saturated heterocycles. The maximum Gasteiger partial charge on any atom is 0.325 e. The zero-order valence-corrected chi connectivity index (χ0v) is 15.1. The molecule has 4 rings (SSSR count). The van der Waals surface area contributed by atoms with Crippen molar-refractivity contribution in [2.45, 2.75) is 37.6 Å². The lowest BCUT2D eigenvalue weighted by Crippen LogP contribution is -2.44. The van der Waals surface area contributed by atoms with E-state index in [1.807, 2.05) is 12.1 Å². The molecule has 1 aliphatic heterocycles. The minimum Gasteiger partial charge on any atom is -0.352 e. The van der Waals surface area contributed by atoms with Crippen molar-refractivity contribution in [1.82, 2.24) is 20.5 Å². The van der Waals surface area contributed by atoms with Gasteiger partial charge in [-0.15, -0.1) is 11.3 Å². The molecule has 26 heavy (non-hydrogen) atoms. The van der Waals surface area contributed by atoms with E-state index in [1.165, 1.54) is 16.2 Å². The lowest BCUT2D eigenvalue weighted by Gasteiger charge is -2.20. The molecule has 7 nitrogen and oxygen atoms in total. The molecule has 0 unspecified atom stereocenters. The van der Waals surface area contributed by atoms with E-state index >= 15 is 0 Å². The number of fused-ring (bicyclic) bond motifs is 1. The number of rotatable bonds is 5. The standard InChI is InChI=1S/C18H20N4O3S/c23-15(12-4-5-13-14(10-12)26-11-20-13)19-8-3-9-22-16(24)18(21-17(22)25)6-1-2-7-18/h4-5,10-11H,1-3,6-9H2,(H,19,23)(H,21,25). The van der Waals surface area contributed by atoms with E-state index in [4.69, 9.17) is 0 Å². The first-order chi connectivity index (χ1) is 12.6. The van der Waals surface area contributed by atoms with E-state index in [0.717, 1.165) is 35.9 Å². The van der Waals surface area contributed by atoms with Crippen molar-refractivity contribution in [2.24, 2.45) is 0 Å². The Morgan fingerprint density at radius 1 is 1.31 bits per heavy atom. The SMILES string of the molecule is O=C(NCCCN1C(=O)NC2(CCCC2)C1=O)c1ccc2ncsc2c1. The summed E-state index contributed by atoms with van der Waals surface area (Å²) in [6, 6.07) is 5.09. The second-order valence-corrected chi connectivity index (χ2v) is 7.71. The Morgan fingerprint density at radius 3 is 2.92 bits per heavy atom. The summed E-state index contributed by atoms with van der Waals surface area (Å²) in [5.74, 6) is -0.272. The Morgan fingerprint density at radius 2 is 2.12 bits per heavy atom. The first-order valence-electron chi connectivity index (χ1n) is 8.85. The molecule has 2 N–H and O–H groups in total.